The Morgan fingerprint density at radius 3 is 1.95 bits per heavy atom. The van der Waals surface area contributed by atoms with E-state index in [9.17, 15) is 0 Å². The molecule has 3 aromatic heterocycles. The molecule has 0 fully saturated rings. The number of aromatic nitrogens is 5. The number of rotatable bonds is 7. The van der Waals surface area contributed by atoms with Gasteiger partial charge >= 0.3 is 0 Å². The molecule has 0 spiro atoms. The minimum Gasteiger partial charge on any atom is -0.486 e. The zero-order valence-corrected chi connectivity index (χ0v) is 21.2. The van der Waals surface area contributed by atoms with Gasteiger partial charge in [-0.25, -0.2) is 14.5 Å². The van der Waals surface area contributed by atoms with Gasteiger partial charge in [0, 0.05) is 12.1 Å². The molecule has 7 aromatic rings. The second-order valence-electron chi connectivity index (χ2n) is 9.37. The van der Waals surface area contributed by atoms with Gasteiger partial charge in [-0.15, -0.1) is 5.10 Å². The molecule has 0 amide bonds. The van der Waals surface area contributed by atoms with Crippen LogP contribution in [0.5, 0.6) is 5.75 Å². The third-order valence-corrected chi connectivity index (χ3v) is 6.83. The van der Waals surface area contributed by atoms with Crippen molar-refractivity contribution in [1.29, 1.82) is 0 Å². The van der Waals surface area contributed by atoms with Crippen molar-refractivity contribution >= 4 is 16.7 Å². The summed E-state index contributed by atoms with van der Waals surface area (Å²) in [5.41, 5.74) is 7.25. The first kappa shape index (κ1) is 22.9. The highest BCUT2D eigenvalue weighted by Crippen LogP contribution is 2.42. The molecular weight excluding hydrogens is 482 g/mol. The van der Waals surface area contributed by atoms with E-state index < -0.39 is 0 Å². The predicted octanol–water partition coefficient (Wildman–Crippen LogP) is 7.04. The number of hydrogen-bond donors (Lipinski definition) is 0. The zero-order chi connectivity index (χ0) is 26.0. The van der Waals surface area contributed by atoms with E-state index in [0.717, 1.165) is 44.8 Å². The predicted molar refractivity (Wildman–Crippen MR) is 153 cm³/mol. The minimum absolute atomic E-state index is 0.268. The van der Waals surface area contributed by atoms with Gasteiger partial charge in [0.05, 0.1) is 11.1 Å². The Hall–Kier alpha value is -5.23. The zero-order valence-electron chi connectivity index (χ0n) is 21.2. The average molecular weight is 508 g/mol. The average Bonchev–Trinajstić information content (AvgIpc) is 3.57. The molecule has 188 valence electrons. The molecule has 0 bridgehead atoms. The van der Waals surface area contributed by atoms with Crippen molar-refractivity contribution in [1.82, 2.24) is 24.1 Å². The van der Waals surface area contributed by atoms with Gasteiger partial charge in [0.1, 0.15) is 24.3 Å². The summed E-state index contributed by atoms with van der Waals surface area (Å²) in [6, 6.07) is 41.2. The number of fused-ring (bicyclic) bond motifs is 3. The van der Waals surface area contributed by atoms with Crippen LogP contribution in [0.2, 0.25) is 0 Å². The Bertz CT molecular complexity index is 1860. The highest BCUT2D eigenvalue weighted by Gasteiger charge is 2.25. The molecule has 6 nitrogen and oxygen atoms in total. The number of para-hydroxylation sites is 1. The lowest BCUT2D eigenvalue weighted by Crippen LogP contribution is -2.03. The molecule has 0 aliphatic rings. The lowest BCUT2D eigenvalue weighted by molar-refractivity contribution is 0.296. The van der Waals surface area contributed by atoms with Crippen LogP contribution in [0.25, 0.3) is 39.1 Å². The van der Waals surface area contributed by atoms with Crippen molar-refractivity contribution in [3.05, 3.63) is 139 Å². The van der Waals surface area contributed by atoms with Crippen molar-refractivity contribution in [3.8, 4) is 28.1 Å². The van der Waals surface area contributed by atoms with Gasteiger partial charge in [-0.3, -0.25) is 0 Å². The van der Waals surface area contributed by atoms with Crippen LogP contribution in [0.4, 0.5) is 0 Å². The molecule has 0 saturated heterocycles. The first-order chi connectivity index (χ1) is 19.3. The van der Waals surface area contributed by atoms with Gasteiger partial charge in [-0.1, -0.05) is 109 Å². The summed E-state index contributed by atoms with van der Waals surface area (Å²) in [6.07, 6.45) is 1.75. The summed E-state index contributed by atoms with van der Waals surface area (Å²) in [4.78, 5) is 9.92. The van der Waals surface area contributed by atoms with Crippen LogP contribution in [0, 0.1) is 0 Å². The van der Waals surface area contributed by atoms with Crippen molar-refractivity contribution in [2.75, 3.05) is 0 Å². The maximum Gasteiger partial charge on any atom is 0.189 e. The standard InChI is InChI=1S/C33H25N5O/c1-5-13-24(14-6-1)21-37-31(26-17-9-3-10-18-26)29(25-15-7-2-8-16-25)30-32(37)34-23-38-33(30)35-28(36-38)22-39-27-19-11-4-12-20-27/h1-20,23H,21-22H2. The molecule has 0 aliphatic carbocycles. The molecule has 0 unspecified atom stereocenters. The molecule has 3 heterocycles. The van der Waals surface area contributed by atoms with Crippen molar-refractivity contribution in [3.63, 3.8) is 0 Å². The van der Waals surface area contributed by atoms with Gasteiger partial charge in [0.25, 0.3) is 0 Å². The summed E-state index contributed by atoms with van der Waals surface area (Å²) in [6.45, 7) is 0.944. The second-order valence-corrected chi connectivity index (χ2v) is 9.37. The largest absolute Gasteiger partial charge is 0.486 e. The topological polar surface area (TPSA) is 57.2 Å². The van der Waals surface area contributed by atoms with Crippen LogP contribution in [0.1, 0.15) is 11.4 Å². The second kappa shape index (κ2) is 9.91. The van der Waals surface area contributed by atoms with E-state index in [0.29, 0.717) is 12.4 Å². The molecule has 0 aliphatic heterocycles. The normalized spacial score (nSPS) is 11.3. The summed E-state index contributed by atoms with van der Waals surface area (Å²) >= 11 is 0. The summed E-state index contributed by atoms with van der Waals surface area (Å²) in [5, 5.41) is 5.69. The van der Waals surface area contributed by atoms with E-state index in [1.165, 1.54) is 5.56 Å². The van der Waals surface area contributed by atoms with Crippen molar-refractivity contribution < 1.29 is 4.74 Å². The SMILES string of the molecule is c1ccc(Cn2c(-c3ccccc3)c(-c3ccccc3)c3c2ncn2nc(COc4ccccc4)nc32)cc1. The fraction of sp³-hybridized carbons (Fsp3) is 0.0606. The molecule has 0 radical (unpaired) electrons. The van der Waals surface area contributed by atoms with Crippen LogP contribution in [0.3, 0.4) is 0 Å². The number of benzene rings is 4. The Kier molecular flexibility index (Phi) is 5.83. The van der Waals surface area contributed by atoms with E-state index in [-0.39, 0.29) is 6.61 Å². The van der Waals surface area contributed by atoms with Crippen LogP contribution in [0.15, 0.2) is 128 Å². The van der Waals surface area contributed by atoms with Crippen LogP contribution >= 0.6 is 0 Å². The number of ether oxygens (including phenoxy) is 1. The maximum absolute atomic E-state index is 5.96. The third kappa shape index (κ3) is 4.32. The van der Waals surface area contributed by atoms with Crippen LogP contribution in [-0.4, -0.2) is 24.1 Å². The van der Waals surface area contributed by atoms with Gasteiger partial charge < -0.3 is 9.30 Å². The smallest absolute Gasteiger partial charge is 0.189 e. The van der Waals surface area contributed by atoms with Gasteiger partial charge in [-0.2, -0.15) is 0 Å². The minimum atomic E-state index is 0.268. The molecule has 0 N–H and O–H groups in total. The van der Waals surface area contributed by atoms with Gasteiger partial charge in [0.15, 0.2) is 11.5 Å². The fourth-order valence-corrected chi connectivity index (χ4v) is 5.11. The molecule has 6 heteroatoms. The Morgan fingerprint density at radius 2 is 1.26 bits per heavy atom. The van der Waals surface area contributed by atoms with E-state index in [1.807, 2.05) is 48.5 Å². The molecule has 4 aromatic carbocycles. The molecule has 39 heavy (non-hydrogen) atoms. The summed E-state index contributed by atoms with van der Waals surface area (Å²) < 4.78 is 10.0. The first-order valence-electron chi connectivity index (χ1n) is 12.9. The third-order valence-electron chi connectivity index (χ3n) is 6.83. The first-order valence-corrected chi connectivity index (χ1v) is 12.9. The van der Waals surface area contributed by atoms with E-state index in [1.54, 1.807) is 10.8 Å². The molecule has 0 saturated carbocycles. The van der Waals surface area contributed by atoms with Gasteiger partial charge in [0.2, 0.25) is 0 Å². The van der Waals surface area contributed by atoms with Crippen LogP contribution in [-0.2, 0) is 13.2 Å². The monoisotopic (exact) mass is 507 g/mol. The highest BCUT2D eigenvalue weighted by molar-refractivity contribution is 6.09. The van der Waals surface area contributed by atoms with E-state index >= 15 is 0 Å². The molecule has 7 rings (SSSR count). The van der Waals surface area contributed by atoms with Crippen molar-refractivity contribution in [2.24, 2.45) is 0 Å². The number of hydrogen-bond acceptors (Lipinski definition) is 4. The van der Waals surface area contributed by atoms with Crippen molar-refractivity contribution in [2.45, 2.75) is 13.2 Å². The lowest BCUT2D eigenvalue weighted by Gasteiger charge is -2.13. The summed E-state index contributed by atoms with van der Waals surface area (Å²) in [5.74, 6) is 1.38. The molecular formula is C33H25N5O. The highest BCUT2D eigenvalue weighted by atomic mass is 16.5. The molecule has 0 atom stereocenters. The lowest BCUT2D eigenvalue weighted by atomic mass is 9.99. The van der Waals surface area contributed by atoms with E-state index in [2.05, 4.69) is 77.4 Å². The van der Waals surface area contributed by atoms with Gasteiger partial charge in [-0.05, 0) is 28.8 Å². The fourth-order valence-electron chi connectivity index (χ4n) is 5.11. The van der Waals surface area contributed by atoms with Crippen LogP contribution < -0.4 is 4.74 Å². The number of nitrogens with zero attached hydrogens (tertiary/aromatic N) is 5. The quantitative estimate of drug-likeness (QED) is 0.232. The Balaban J connectivity index is 1.48. The Morgan fingerprint density at radius 1 is 0.641 bits per heavy atom. The summed E-state index contributed by atoms with van der Waals surface area (Å²) in [7, 11) is 0. The van der Waals surface area contributed by atoms with E-state index in [4.69, 9.17) is 19.8 Å². The Labute approximate surface area is 225 Å². The maximum atomic E-state index is 5.96.